The first-order valence-electron chi connectivity index (χ1n) is 8.15. The molecule has 0 bridgehead atoms. The molecule has 2 amide bonds. The Morgan fingerprint density at radius 2 is 1.78 bits per heavy atom. The number of rotatable bonds is 4. The molecule has 0 spiro atoms. The van der Waals surface area contributed by atoms with Crippen molar-refractivity contribution in [3.05, 3.63) is 53.8 Å². The maximum absolute atomic E-state index is 14.1. The quantitative estimate of drug-likeness (QED) is 0.771. The lowest BCUT2D eigenvalue weighted by Crippen LogP contribution is -2.33. The van der Waals surface area contributed by atoms with Crippen LogP contribution in [0.25, 0.3) is 0 Å². The van der Waals surface area contributed by atoms with Gasteiger partial charge in [0.2, 0.25) is 12.0 Å². The van der Waals surface area contributed by atoms with Crippen molar-refractivity contribution in [2.24, 2.45) is 11.1 Å². The first kappa shape index (κ1) is 17.0. The lowest BCUT2D eigenvalue weighted by Gasteiger charge is -2.16. The number of oxime groups is 1. The maximum atomic E-state index is 14.1. The number of nitrogens with zero attached hydrogens (tertiary/aromatic N) is 2. The Labute approximate surface area is 153 Å². The fourth-order valence-corrected chi connectivity index (χ4v) is 3.28. The van der Waals surface area contributed by atoms with Gasteiger partial charge in [-0.3, -0.25) is 9.59 Å². The number of carbonyl (C=O) groups is 2. The summed E-state index contributed by atoms with van der Waals surface area (Å²) in [5, 5.41) is 3.93. The number of hydrogen-bond donors (Lipinski definition) is 0. The minimum atomic E-state index is -1.11. The van der Waals surface area contributed by atoms with Gasteiger partial charge in [-0.15, -0.1) is 0 Å². The standard InChI is InChI=1S/C19H15FN2O5/c1-25-13-8-7-10(9-14(13)26-2)16-15-17(27-21-16)19(24)22(18(15)23)12-6-4-3-5-11(12)20/h3-9,15,17H,1-2H3/t15-,17+/m0/s1. The van der Waals surface area contributed by atoms with Crippen molar-refractivity contribution in [3.63, 3.8) is 0 Å². The molecule has 0 radical (unpaired) electrons. The number of imide groups is 1. The third-order valence-corrected chi connectivity index (χ3v) is 4.58. The number of amides is 2. The average molecular weight is 370 g/mol. The topological polar surface area (TPSA) is 77.4 Å². The Balaban J connectivity index is 1.71. The van der Waals surface area contributed by atoms with Gasteiger partial charge in [-0.05, 0) is 30.3 Å². The van der Waals surface area contributed by atoms with Crippen LogP contribution in [0.15, 0.2) is 47.6 Å². The minimum absolute atomic E-state index is 0.0999. The number of anilines is 1. The van der Waals surface area contributed by atoms with E-state index < -0.39 is 29.7 Å². The van der Waals surface area contributed by atoms with E-state index >= 15 is 0 Å². The third kappa shape index (κ3) is 2.52. The molecule has 0 aliphatic carbocycles. The summed E-state index contributed by atoms with van der Waals surface area (Å²) in [4.78, 5) is 31.6. The van der Waals surface area contributed by atoms with Crippen molar-refractivity contribution in [3.8, 4) is 11.5 Å². The van der Waals surface area contributed by atoms with Gasteiger partial charge in [0.15, 0.2) is 11.5 Å². The summed E-state index contributed by atoms with van der Waals surface area (Å²) in [5.74, 6) is -1.88. The Morgan fingerprint density at radius 3 is 2.48 bits per heavy atom. The van der Waals surface area contributed by atoms with Crippen LogP contribution in [0.4, 0.5) is 10.1 Å². The molecule has 2 aliphatic rings. The van der Waals surface area contributed by atoms with Gasteiger partial charge in [-0.1, -0.05) is 17.3 Å². The molecule has 0 N–H and O–H groups in total. The van der Waals surface area contributed by atoms with Crippen LogP contribution in [0.2, 0.25) is 0 Å². The second-order valence-corrected chi connectivity index (χ2v) is 6.01. The van der Waals surface area contributed by atoms with Gasteiger partial charge < -0.3 is 14.3 Å². The Hall–Kier alpha value is -3.42. The molecule has 1 fully saturated rings. The first-order valence-corrected chi connectivity index (χ1v) is 8.15. The highest BCUT2D eigenvalue weighted by Gasteiger charge is 2.56. The summed E-state index contributed by atoms with van der Waals surface area (Å²) in [6.45, 7) is 0. The van der Waals surface area contributed by atoms with Crippen molar-refractivity contribution >= 4 is 23.2 Å². The SMILES string of the molecule is COc1ccc(C2=NO[C@H]3C(=O)N(c4ccccc4F)C(=O)[C@@H]23)cc1OC. The van der Waals surface area contributed by atoms with Crippen LogP contribution in [0.3, 0.4) is 0 Å². The van der Waals surface area contributed by atoms with Crippen LogP contribution in [-0.2, 0) is 14.4 Å². The van der Waals surface area contributed by atoms with Gasteiger partial charge >= 0.3 is 0 Å². The van der Waals surface area contributed by atoms with E-state index in [1.54, 1.807) is 24.3 Å². The molecule has 2 atom stereocenters. The van der Waals surface area contributed by atoms with E-state index in [2.05, 4.69) is 5.16 Å². The predicted octanol–water partition coefficient (Wildman–Crippen LogP) is 2.14. The number of fused-ring (bicyclic) bond motifs is 1. The van der Waals surface area contributed by atoms with Crippen LogP contribution in [0, 0.1) is 11.7 Å². The van der Waals surface area contributed by atoms with E-state index in [-0.39, 0.29) is 11.4 Å². The molecular weight excluding hydrogens is 355 g/mol. The van der Waals surface area contributed by atoms with Crippen LogP contribution in [0.5, 0.6) is 11.5 Å². The van der Waals surface area contributed by atoms with Crippen LogP contribution in [0.1, 0.15) is 5.56 Å². The first-order chi connectivity index (χ1) is 13.1. The number of carbonyl (C=O) groups excluding carboxylic acids is 2. The third-order valence-electron chi connectivity index (χ3n) is 4.58. The van der Waals surface area contributed by atoms with E-state index in [9.17, 15) is 14.0 Å². The molecule has 1 saturated heterocycles. The van der Waals surface area contributed by atoms with Gasteiger partial charge in [0.1, 0.15) is 17.4 Å². The lowest BCUT2D eigenvalue weighted by atomic mass is 9.94. The van der Waals surface area contributed by atoms with E-state index in [1.807, 2.05) is 0 Å². The molecule has 138 valence electrons. The molecule has 7 nitrogen and oxygen atoms in total. The molecular formula is C19H15FN2O5. The van der Waals surface area contributed by atoms with Crippen molar-refractivity contribution in [2.45, 2.75) is 6.10 Å². The molecule has 27 heavy (non-hydrogen) atoms. The number of hydrogen-bond acceptors (Lipinski definition) is 6. The van der Waals surface area contributed by atoms with Crippen LogP contribution >= 0.6 is 0 Å². The van der Waals surface area contributed by atoms with Crippen LogP contribution in [-0.4, -0.2) is 37.8 Å². The van der Waals surface area contributed by atoms with E-state index in [4.69, 9.17) is 14.3 Å². The summed E-state index contributed by atoms with van der Waals surface area (Å²) < 4.78 is 24.6. The lowest BCUT2D eigenvalue weighted by molar-refractivity contribution is -0.126. The maximum Gasteiger partial charge on any atom is 0.279 e. The molecule has 4 rings (SSSR count). The Bertz CT molecular complexity index is 974. The number of methoxy groups -OCH3 is 2. The molecule has 2 aromatic carbocycles. The number of benzene rings is 2. The summed E-state index contributed by atoms with van der Waals surface area (Å²) in [5.41, 5.74) is 0.743. The van der Waals surface area contributed by atoms with Crippen molar-refractivity contribution in [1.82, 2.24) is 0 Å². The second kappa shape index (κ2) is 6.39. The van der Waals surface area contributed by atoms with Gasteiger partial charge in [-0.2, -0.15) is 0 Å². The highest BCUT2D eigenvalue weighted by molar-refractivity contribution is 6.32. The molecule has 0 unspecified atom stereocenters. The molecule has 2 heterocycles. The molecule has 8 heteroatoms. The van der Waals surface area contributed by atoms with E-state index in [0.29, 0.717) is 17.1 Å². The summed E-state index contributed by atoms with van der Waals surface area (Å²) >= 11 is 0. The fourth-order valence-electron chi connectivity index (χ4n) is 3.28. The van der Waals surface area contributed by atoms with E-state index in [0.717, 1.165) is 4.90 Å². The number of ether oxygens (including phenoxy) is 2. The van der Waals surface area contributed by atoms with E-state index in [1.165, 1.54) is 32.4 Å². The van der Waals surface area contributed by atoms with Crippen molar-refractivity contribution in [2.75, 3.05) is 19.1 Å². The molecule has 0 saturated carbocycles. The fraction of sp³-hybridized carbons (Fsp3) is 0.211. The number of para-hydroxylation sites is 1. The zero-order valence-electron chi connectivity index (χ0n) is 14.5. The van der Waals surface area contributed by atoms with Gasteiger partial charge in [0.05, 0.1) is 19.9 Å². The number of halogens is 1. The minimum Gasteiger partial charge on any atom is -0.493 e. The zero-order chi connectivity index (χ0) is 19.1. The Morgan fingerprint density at radius 1 is 1.04 bits per heavy atom. The van der Waals surface area contributed by atoms with Gasteiger partial charge in [-0.25, -0.2) is 9.29 Å². The summed E-state index contributed by atoms with van der Waals surface area (Å²) in [7, 11) is 3.00. The largest absolute Gasteiger partial charge is 0.493 e. The Kier molecular flexibility index (Phi) is 4.02. The smallest absolute Gasteiger partial charge is 0.279 e. The average Bonchev–Trinajstić information content (AvgIpc) is 3.22. The normalized spacial score (nSPS) is 21.0. The zero-order valence-corrected chi connectivity index (χ0v) is 14.5. The highest BCUT2D eigenvalue weighted by Crippen LogP contribution is 2.37. The second-order valence-electron chi connectivity index (χ2n) is 6.01. The molecule has 0 aromatic heterocycles. The monoisotopic (exact) mass is 370 g/mol. The van der Waals surface area contributed by atoms with Gasteiger partial charge in [0.25, 0.3) is 5.91 Å². The van der Waals surface area contributed by atoms with Crippen molar-refractivity contribution in [1.29, 1.82) is 0 Å². The van der Waals surface area contributed by atoms with Crippen LogP contribution < -0.4 is 14.4 Å². The molecule has 2 aromatic rings. The van der Waals surface area contributed by atoms with Crippen molar-refractivity contribution < 1.29 is 28.3 Å². The highest BCUT2D eigenvalue weighted by atomic mass is 19.1. The summed E-state index contributed by atoms with van der Waals surface area (Å²) in [6.07, 6.45) is -1.11. The molecule has 2 aliphatic heterocycles. The predicted molar refractivity (Wildman–Crippen MR) is 93.3 cm³/mol. The summed E-state index contributed by atoms with van der Waals surface area (Å²) in [6, 6.07) is 10.6. The van der Waals surface area contributed by atoms with Gasteiger partial charge in [0, 0.05) is 5.56 Å².